The van der Waals surface area contributed by atoms with Crippen molar-refractivity contribution in [2.45, 2.75) is 0 Å². The lowest BCUT2D eigenvalue weighted by molar-refractivity contribution is 0.102. The molecule has 0 fully saturated rings. The van der Waals surface area contributed by atoms with Crippen LogP contribution in [0, 0.1) is 0 Å². The van der Waals surface area contributed by atoms with Crippen molar-refractivity contribution in [3.63, 3.8) is 0 Å². The molecular weight excluding hydrogens is 342 g/mol. The molecule has 1 amide bonds. The van der Waals surface area contributed by atoms with Gasteiger partial charge in [0.2, 0.25) is 0 Å². The van der Waals surface area contributed by atoms with Crippen molar-refractivity contribution in [2.75, 3.05) is 24.3 Å². The number of nitrogens with one attached hydrogen (secondary N) is 1. The Balaban J connectivity index is 2.34. The minimum Gasteiger partial charge on any atom is -0.375 e. The monoisotopic (exact) mass is 353 g/mol. The molecule has 0 radical (unpaired) electrons. The maximum Gasteiger partial charge on any atom is 0.258 e. The molecule has 1 N–H and O–H groups in total. The number of rotatable bonds is 3. The van der Waals surface area contributed by atoms with Crippen molar-refractivity contribution in [3.05, 3.63) is 51.7 Å². The largest absolute Gasteiger partial charge is 0.375 e. The first-order chi connectivity index (χ1) is 9.50. The van der Waals surface area contributed by atoms with Crippen LogP contribution in [0.3, 0.4) is 0 Å². The number of amides is 1. The van der Waals surface area contributed by atoms with Crippen LogP contribution in [-0.4, -0.2) is 25.0 Å². The number of benzene rings is 1. The van der Waals surface area contributed by atoms with E-state index in [1.807, 2.05) is 25.1 Å². The molecule has 1 aromatic carbocycles. The summed E-state index contributed by atoms with van der Waals surface area (Å²) < 4.78 is 0.505. The molecule has 104 valence electrons. The van der Waals surface area contributed by atoms with Crippen LogP contribution >= 0.6 is 27.5 Å². The van der Waals surface area contributed by atoms with Gasteiger partial charge in [-0.25, -0.2) is 4.98 Å². The van der Waals surface area contributed by atoms with Crippen LogP contribution in [0.4, 0.5) is 11.4 Å². The Morgan fingerprint density at radius 3 is 2.70 bits per heavy atom. The number of para-hydroxylation sites is 1. The van der Waals surface area contributed by atoms with Gasteiger partial charge in [0, 0.05) is 20.3 Å². The van der Waals surface area contributed by atoms with Crippen molar-refractivity contribution < 1.29 is 4.79 Å². The number of anilines is 2. The molecule has 0 saturated carbocycles. The molecule has 0 atom stereocenters. The van der Waals surface area contributed by atoms with Gasteiger partial charge in [-0.15, -0.1) is 0 Å². The highest BCUT2D eigenvalue weighted by Gasteiger charge is 2.15. The highest BCUT2D eigenvalue weighted by molar-refractivity contribution is 9.10. The number of pyridine rings is 1. The molecule has 2 aromatic rings. The number of hydrogen-bond acceptors (Lipinski definition) is 3. The van der Waals surface area contributed by atoms with Crippen LogP contribution in [0.5, 0.6) is 0 Å². The summed E-state index contributed by atoms with van der Waals surface area (Å²) in [4.78, 5) is 18.2. The van der Waals surface area contributed by atoms with Crippen molar-refractivity contribution >= 4 is 44.8 Å². The zero-order valence-electron chi connectivity index (χ0n) is 11.0. The third-order valence-electron chi connectivity index (χ3n) is 2.69. The van der Waals surface area contributed by atoms with Gasteiger partial charge in [0.25, 0.3) is 5.91 Å². The molecule has 1 heterocycles. The predicted octanol–water partition coefficient (Wildman–Crippen LogP) is 3.82. The summed E-state index contributed by atoms with van der Waals surface area (Å²) in [7, 11) is 3.74. The van der Waals surface area contributed by atoms with Gasteiger partial charge in [-0.3, -0.25) is 4.79 Å². The van der Waals surface area contributed by atoms with Crippen LogP contribution in [0.15, 0.2) is 41.1 Å². The van der Waals surface area contributed by atoms with Crippen molar-refractivity contribution in [1.29, 1.82) is 0 Å². The molecule has 20 heavy (non-hydrogen) atoms. The van der Waals surface area contributed by atoms with E-state index in [0.29, 0.717) is 20.9 Å². The number of halogens is 2. The third kappa shape index (κ3) is 3.11. The lowest BCUT2D eigenvalue weighted by Gasteiger charge is -2.19. The molecular formula is C14H13BrClN3O. The minimum atomic E-state index is -0.240. The lowest BCUT2D eigenvalue weighted by Crippen LogP contribution is -2.17. The normalized spacial score (nSPS) is 10.2. The Hall–Kier alpha value is -1.59. The van der Waals surface area contributed by atoms with Gasteiger partial charge in [0.05, 0.1) is 22.0 Å². The van der Waals surface area contributed by atoms with E-state index in [-0.39, 0.29) is 5.91 Å². The van der Waals surface area contributed by atoms with Gasteiger partial charge in [-0.1, -0.05) is 17.7 Å². The molecule has 0 spiro atoms. The van der Waals surface area contributed by atoms with Gasteiger partial charge in [0.1, 0.15) is 4.60 Å². The first-order valence-corrected chi connectivity index (χ1v) is 7.05. The van der Waals surface area contributed by atoms with E-state index >= 15 is 0 Å². The number of hydrogen-bond donors (Lipinski definition) is 1. The summed E-state index contributed by atoms with van der Waals surface area (Å²) in [5.41, 5.74) is 1.89. The summed E-state index contributed by atoms with van der Waals surface area (Å²) in [5, 5.41) is 3.44. The van der Waals surface area contributed by atoms with E-state index in [1.54, 1.807) is 30.5 Å². The predicted molar refractivity (Wildman–Crippen MR) is 85.7 cm³/mol. The summed E-state index contributed by atoms with van der Waals surface area (Å²) in [6, 6.07) is 8.80. The number of carbonyl (C=O) groups is 1. The second-order valence-electron chi connectivity index (χ2n) is 4.33. The third-order valence-corrected chi connectivity index (χ3v) is 3.62. The van der Waals surface area contributed by atoms with Gasteiger partial charge < -0.3 is 10.2 Å². The Bertz CT molecular complexity index is 646. The van der Waals surface area contributed by atoms with Crippen LogP contribution in [0.2, 0.25) is 5.02 Å². The molecule has 0 unspecified atom stereocenters. The first kappa shape index (κ1) is 14.8. The maximum absolute atomic E-state index is 12.3. The summed E-state index contributed by atoms with van der Waals surface area (Å²) in [6.45, 7) is 0. The Labute approximate surface area is 130 Å². The number of carbonyl (C=O) groups excluding carboxylic acids is 1. The Kier molecular flexibility index (Phi) is 4.62. The highest BCUT2D eigenvalue weighted by atomic mass is 79.9. The van der Waals surface area contributed by atoms with E-state index in [0.717, 1.165) is 5.69 Å². The van der Waals surface area contributed by atoms with E-state index in [4.69, 9.17) is 11.6 Å². The van der Waals surface area contributed by atoms with Crippen LogP contribution in [0.25, 0.3) is 0 Å². The summed E-state index contributed by atoms with van der Waals surface area (Å²) in [5.74, 6) is -0.240. The van der Waals surface area contributed by atoms with Gasteiger partial charge in [0.15, 0.2) is 0 Å². The quantitative estimate of drug-likeness (QED) is 0.852. The number of aromatic nitrogens is 1. The van der Waals surface area contributed by atoms with E-state index < -0.39 is 0 Å². The van der Waals surface area contributed by atoms with Gasteiger partial charge in [-0.2, -0.15) is 0 Å². The van der Waals surface area contributed by atoms with Gasteiger partial charge in [-0.05, 0) is 40.2 Å². The maximum atomic E-state index is 12.3. The zero-order valence-corrected chi connectivity index (χ0v) is 13.4. The zero-order chi connectivity index (χ0) is 14.7. The summed E-state index contributed by atoms with van der Waals surface area (Å²) in [6.07, 6.45) is 1.62. The van der Waals surface area contributed by atoms with Crippen LogP contribution in [-0.2, 0) is 0 Å². The molecule has 0 aliphatic heterocycles. The Morgan fingerprint density at radius 2 is 2.05 bits per heavy atom. The average molecular weight is 355 g/mol. The van der Waals surface area contributed by atoms with Gasteiger partial charge >= 0.3 is 0 Å². The fourth-order valence-electron chi connectivity index (χ4n) is 1.82. The van der Waals surface area contributed by atoms with Crippen molar-refractivity contribution in [1.82, 2.24) is 4.98 Å². The fraction of sp³-hybridized carbons (Fsp3) is 0.143. The molecule has 0 aliphatic carbocycles. The molecule has 4 nitrogen and oxygen atoms in total. The molecule has 0 aliphatic rings. The smallest absolute Gasteiger partial charge is 0.258 e. The molecule has 0 bridgehead atoms. The second kappa shape index (κ2) is 6.24. The molecule has 1 aromatic heterocycles. The van der Waals surface area contributed by atoms with Crippen molar-refractivity contribution in [2.24, 2.45) is 0 Å². The van der Waals surface area contributed by atoms with Crippen molar-refractivity contribution in [3.8, 4) is 0 Å². The fourth-order valence-corrected chi connectivity index (χ4v) is 2.59. The van der Waals surface area contributed by atoms with E-state index in [1.165, 1.54) is 0 Å². The van der Waals surface area contributed by atoms with E-state index in [2.05, 4.69) is 26.2 Å². The lowest BCUT2D eigenvalue weighted by atomic mass is 10.2. The molecule has 0 saturated heterocycles. The molecule has 6 heteroatoms. The minimum absolute atomic E-state index is 0.240. The standard InChI is InChI=1S/C14H13BrClN3O/c1-19(2)12-10(16)6-3-7-11(12)18-14(20)9-5-4-8-17-13(9)15/h3-8H,1-2H3,(H,18,20). The topological polar surface area (TPSA) is 45.2 Å². The Morgan fingerprint density at radius 1 is 1.30 bits per heavy atom. The van der Waals surface area contributed by atoms with E-state index in [9.17, 15) is 4.79 Å². The summed E-state index contributed by atoms with van der Waals surface area (Å²) >= 11 is 9.43. The van der Waals surface area contributed by atoms with Crippen LogP contribution in [0.1, 0.15) is 10.4 Å². The molecule has 2 rings (SSSR count). The SMILES string of the molecule is CN(C)c1c(Cl)cccc1NC(=O)c1cccnc1Br. The highest BCUT2D eigenvalue weighted by Crippen LogP contribution is 2.32. The first-order valence-electron chi connectivity index (χ1n) is 5.88. The number of nitrogens with zero attached hydrogens (tertiary/aromatic N) is 2. The van der Waals surface area contributed by atoms with Crippen LogP contribution < -0.4 is 10.2 Å². The second-order valence-corrected chi connectivity index (χ2v) is 5.48. The average Bonchev–Trinajstić information content (AvgIpc) is 2.38.